The van der Waals surface area contributed by atoms with Crippen molar-refractivity contribution < 1.29 is 13.5 Å². The van der Waals surface area contributed by atoms with E-state index in [1.165, 1.54) is 17.1 Å². The maximum Gasteiger partial charge on any atom is 0.265 e. The van der Waals surface area contributed by atoms with Crippen LogP contribution >= 0.6 is 0 Å². The molecule has 2 heterocycles. The minimum atomic E-state index is -3.87. The molecule has 9 heteroatoms. The monoisotopic (exact) mass is 373 g/mol. The molecule has 0 radical (unpaired) electrons. The molecule has 0 saturated carbocycles. The number of rotatable bonds is 5. The largest absolute Gasteiger partial charge is 0.391 e. The first-order valence-electron chi connectivity index (χ1n) is 8.00. The molecule has 0 amide bonds. The standard InChI is InChI=1S/C17H19N5O3S/c1-10-4-5-15(17-16(10)13(6-18)7-19-17)21-26(24,25)14-8-20-22(9-14)11(2)12(3)23/h4-5,7-9,11-12,19,21,23H,1-3H3/t11-,12+/m1/s1. The second-order valence-corrected chi connectivity index (χ2v) is 7.92. The van der Waals surface area contributed by atoms with Gasteiger partial charge < -0.3 is 10.1 Å². The average molecular weight is 373 g/mol. The summed E-state index contributed by atoms with van der Waals surface area (Å²) < 4.78 is 29.4. The summed E-state index contributed by atoms with van der Waals surface area (Å²) in [5.74, 6) is 0. The Morgan fingerprint density at radius 2 is 2.12 bits per heavy atom. The molecule has 0 bridgehead atoms. The molecule has 136 valence electrons. The normalized spacial score (nSPS) is 14.1. The topological polar surface area (TPSA) is 124 Å². The Bertz CT molecular complexity index is 1110. The Balaban J connectivity index is 1.99. The number of aliphatic hydroxyl groups is 1. The second kappa shape index (κ2) is 6.48. The zero-order valence-electron chi connectivity index (χ0n) is 14.6. The van der Waals surface area contributed by atoms with Crippen LogP contribution in [0, 0.1) is 18.3 Å². The van der Waals surface area contributed by atoms with Crippen LogP contribution in [0.15, 0.2) is 35.6 Å². The first-order chi connectivity index (χ1) is 12.2. The van der Waals surface area contributed by atoms with Crippen molar-refractivity contribution in [2.45, 2.75) is 37.8 Å². The van der Waals surface area contributed by atoms with E-state index in [1.807, 2.05) is 6.92 Å². The number of hydrogen-bond donors (Lipinski definition) is 3. The fourth-order valence-electron chi connectivity index (χ4n) is 2.70. The van der Waals surface area contributed by atoms with Crippen molar-refractivity contribution in [1.82, 2.24) is 14.8 Å². The number of fused-ring (bicyclic) bond motifs is 1. The molecular formula is C17H19N5O3S. The summed E-state index contributed by atoms with van der Waals surface area (Å²) in [4.78, 5) is 2.95. The van der Waals surface area contributed by atoms with Gasteiger partial charge in [0.25, 0.3) is 10.0 Å². The van der Waals surface area contributed by atoms with Crippen molar-refractivity contribution in [1.29, 1.82) is 5.26 Å². The minimum absolute atomic E-state index is 0.00853. The van der Waals surface area contributed by atoms with Crippen LogP contribution in [0.5, 0.6) is 0 Å². The van der Waals surface area contributed by atoms with Gasteiger partial charge in [0.2, 0.25) is 0 Å². The molecule has 0 aliphatic carbocycles. The van der Waals surface area contributed by atoms with Crippen molar-refractivity contribution in [3.63, 3.8) is 0 Å². The third-order valence-corrected chi connectivity index (χ3v) is 5.73. The van der Waals surface area contributed by atoms with Gasteiger partial charge in [-0.05, 0) is 32.4 Å². The summed E-state index contributed by atoms with van der Waals surface area (Å²) in [7, 11) is -3.87. The van der Waals surface area contributed by atoms with Crippen LogP contribution in [0.2, 0.25) is 0 Å². The highest BCUT2D eigenvalue weighted by atomic mass is 32.2. The number of sulfonamides is 1. The number of aromatic amines is 1. The highest BCUT2D eigenvalue weighted by Crippen LogP contribution is 2.30. The van der Waals surface area contributed by atoms with Crippen LogP contribution in [0.3, 0.4) is 0 Å². The van der Waals surface area contributed by atoms with E-state index in [-0.39, 0.29) is 10.9 Å². The Morgan fingerprint density at radius 1 is 1.38 bits per heavy atom. The lowest BCUT2D eigenvalue weighted by molar-refractivity contribution is 0.132. The van der Waals surface area contributed by atoms with Crippen molar-refractivity contribution >= 4 is 26.6 Å². The van der Waals surface area contributed by atoms with Crippen molar-refractivity contribution in [3.8, 4) is 6.07 Å². The number of nitrogens with zero attached hydrogens (tertiary/aromatic N) is 3. The Labute approximate surface area is 151 Å². The fourth-order valence-corrected chi connectivity index (χ4v) is 3.71. The van der Waals surface area contributed by atoms with E-state index < -0.39 is 16.1 Å². The molecule has 2 aromatic heterocycles. The van der Waals surface area contributed by atoms with Crippen LogP contribution in [-0.2, 0) is 10.0 Å². The van der Waals surface area contributed by atoms with Gasteiger partial charge in [0.05, 0.1) is 35.1 Å². The molecule has 0 unspecified atom stereocenters. The van der Waals surface area contributed by atoms with E-state index in [4.69, 9.17) is 0 Å². The molecule has 2 atom stereocenters. The lowest BCUT2D eigenvalue weighted by atomic mass is 10.1. The smallest absolute Gasteiger partial charge is 0.265 e. The van der Waals surface area contributed by atoms with Gasteiger partial charge >= 0.3 is 0 Å². The lowest BCUT2D eigenvalue weighted by Gasteiger charge is -2.14. The van der Waals surface area contributed by atoms with Crippen LogP contribution in [0.4, 0.5) is 5.69 Å². The lowest BCUT2D eigenvalue weighted by Crippen LogP contribution is -2.18. The van der Waals surface area contributed by atoms with Crippen LogP contribution in [0.1, 0.15) is 31.0 Å². The number of aliphatic hydroxyl groups excluding tert-OH is 1. The van der Waals surface area contributed by atoms with Crippen molar-refractivity contribution in [3.05, 3.63) is 41.9 Å². The van der Waals surface area contributed by atoms with Crippen LogP contribution in [0.25, 0.3) is 10.9 Å². The number of H-pyrrole nitrogens is 1. The van der Waals surface area contributed by atoms with Crippen LogP contribution < -0.4 is 4.72 Å². The van der Waals surface area contributed by atoms with Crippen molar-refractivity contribution in [2.75, 3.05) is 4.72 Å². The number of benzene rings is 1. The first kappa shape index (κ1) is 18.0. The molecular weight excluding hydrogens is 354 g/mol. The Morgan fingerprint density at radius 3 is 2.77 bits per heavy atom. The first-order valence-corrected chi connectivity index (χ1v) is 9.48. The predicted molar refractivity (Wildman–Crippen MR) is 97.2 cm³/mol. The Hall–Kier alpha value is -2.83. The maximum atomic E-state index is 12.7. The van der Waals surface area contributed by atoms with Gasteiger partial charge in [0, 0.05) is 17.8 Å². The third kappa shape index (κ3) is 3.05. The molecule has 3 N–H and O–H groups in total. The summed E-state index contributed by atoms with van der Waals surface area (Å²) in [6, 6.07) is 5.14. The van der Waals surface area contributed by atoms with E-state index >= 15 is 0 Å². The molecule has 1 aromatic carbocycles. The van der Waals surface area contributed by atoms with Crippen molar-refractivity contribution in [2.24, 2.45) is 0 Å². The van der Waals surface area contributed by atoms with Gasteiger partial charge in [-0.3, -0.25) is 9.40 Å². The molecule has 0 aliphatic heterocycles. The fraction of sp³-hybridized carbons (Fsp3) is 0.294. The number of aromatic nitrogens is 3. The maximum absolute atomic E-state index is 12.7. The highest BCUT2D eigenvalue weighted by Gasteiger charge is 2.21. The summed E-state index contributed by atoms with van der Waals surface area (Å²) in [6.45, 7) is 5.21. The third-order valence-electron chi connectivity index (χ3n) is 4.41. The molecule has 3 aromatic rings. The Kier molecular flexibility index (Phi) is 4.48. The zero-order chi connectivity index (χ0) is 19.1. The van der Waals surface area contributed by atoms with E-state index in [9.17, 15) is 18.8 Å². The molecule has 0 aliphatic rings. The van der Waals surface area contributed by atoms with Crippen LogP contribution in [-0.4, -0.2) is 34.4 Å². The second-order valence-electron chi connectivity index (χ2n) is 6.24. The number of nitrogens with one attached hydrogen (secondary N) is 2. The summed E-state index contributed by atoms with van der Waals surface area (Å²) >= 11 is 0. The molecule has 0 fully saturated rings. The summed E-state index contributed by atoms with van der Waals surface area (Å²) in [5, 5.41) is 23.6. The van der Waals surface area contributed by atoms with E-state index in [0.717, 1.165) is 5.56 Å². The van der Waals surface area contributed by atoms with Gasteiger partial charge in [-0.25, -0.2) is 8.42 Å². The molecule has 26 heavy (non-hydrogen) atoms. The number of aryl methyl sites for hydroxylation is 1. The highest BCUT2D eigenvalue weighted by molar-refractivity contribution is 7.92. The SMILES string of the molecule is Cc1ccc(NS(=O)(=O)c2cnn([C@H](C)[C@H](C)O)c2)c2[nH]cc(C#N)c12. The molecule has 0 spiro atoms. The van der Waals surface area contributed by atoms with E-state index in [1.54, 1.807) is 32.2 Å². The quantitative estimate of drug-likeness (QED) is 0.633. The number of hydrogen-bond acceptors (Lipinski definition) is 5. The van der Waals surface area contributed by atoms with Gasteiger partial charge in [-0.1, -0.05) is 6.07 Å². The zero-order valence-corrected chi connectivity index (χ0v) is 15.4. The average Bonchev–Trinajstić information content (AvgIpc) is 3.24. The summed E-state index contributed by atoms with van der Waals surface area (Å²) in [6.07, 6.45) is 3.50. The number of anilines is 1. The van der Waals surface area contributed by atoms with Gasteiger partial charge in [0.1, 0.15) is 11.0 Å². The summed E-state index contributed by atoms with van der Waals surface area (Å²) in [5.41, 5.74) is 2.23. The van der Waals surface area contributed by atoms with Gasteiger partial charge in [0.15, 0.2) is 0 Å². The molecule has 8 nitrogen and oxygen atoms in total. The van der Waals surface area contributed by atoms with Gasteiger partial charge in [-0.15, -0.1) is 0 Å². The predicted octanol–water partition coefficient (Wildman–Crippen LogP) is 2.29. The molecule has 0 saturated heterocycles. The van der Waals surface area contributed by atoms with Gasteiger partial charge in [-0.2, -0.15) is 10.4 Å². The minimum Gasteiger partial charge on any atom is -0.391 e. The van der Waals surface area contributed by atoms with E-state index in [2.05, 4.69) is 20.9 Å². The molecule has 3 rings (SSSR count). The number of nitriles is 1. The van der Waals surface area contributed by atoms with E-state index in [0.29, 0.717) is 22.2 Å².